The summed E-state index contributed by atoms with van der Waals surface area (Å²) in [5.41, 5.74) is 0.466. The number of piperidine rings is 1. The number of para-hydroxylation sites is 1. The van der Waals surface area contributed by atoms with Gasteiger partial charge >= 0.3 is 0 Å². The van der Waals surface area contributed by atoms with Crippen LogP contribution < -0.4 is 24.3 Å². The average Bonchev–Trinajstić information content (AvgIpc) is 2.82. The number of benzene rings is 2. The van der Waals surface area contributed by atoms with Crippen LogP contribution in [0.25, 0.3) is 0 Å². The summed E-state index contributed by atoms with van der Waals surface area (Å²) in [5, 5.41) is 2.98. The number of ether oxygens (including phenoxy) is 4. The number of hydrogen-bond acceptors (Lipinski definition) is 6. The fraction of sp³-hybridized carbons (Fsp3) is 0.391. The number of rotatable bonds is 8. The molecule has 3 rings (SSSR count). The lowest BCUT2D eigenvalue weighted by Gasteiger charge is -2.32. The Morgan fingerprint density at radius 1 is 0.968 bits per heavy atom. The van der Waals surface area contributed by atoms with E-state index in [1.165, 1.54) is 21.3 Å². The maximum absolute atomic E-state index is 13.0. The van der Waals surface area contributed by atoms with Crippen molar-refractivity contribution in [2.45, 2.75) is 18.9 Å². The fourth-order valence-corrected chi connectivity index (χ4v) is 3.55. The number of hydrogen-bond donors (Lipinski definition) is 1. The normalized spacial score (nSPS) is 14.0. The molecule has 0 aromatic heterocycles. The molecule has 1 heterocycles. The minimum atomic E-state index is -0.168. The molecule has 2 amide bonds. The second-order valence-electron chi connectivity index (χ2n) is 7.15. The van der Waals surface area contributed by atoms with Crippen molar-refractivity contribution in [1.29, 1.82) is 0 Å². The highest BCUT2D eigenvalue weighted by Gasteiger charge is 2.26. The molecular weight excluding hydrogens is 400 g/mol. The Kier molecular flexibility index (Phi) is 7.59. The van der Waals surface area contributed by atoms with Crippen molar-refractivity contribution in [3.8, 4) is 23.0 Å². The summed E-state index contributed by atoms with van der Waals surface area (Å²) < 4.78 is 21.5. The summed E-state index contributed by atoms with van der Waals surface area (Å²) >= 11 is 0. The monoisotopic (exact) mass is 428 g/mol. The van der Waals surface area contributed by atoms with E-state index in [4.69, 9.17) is 18.9 Å². The molecule has 0 unspecified atom stereocenters. The molecule has 8 heteroatoms. The van der Waals surface area contributed by atoms with Crippen molar-refractivity contribution in [2.75, 3.05) is 41.0 Å². The first kappa shape index (κ1) is 22.3. The molecule has 1 N–H and O–H groups in total. The van der Waals surface area contributed by atoms with Crippen LogP contribution in [0.5, 0.6) is 23.0 Å². The summed E-state index contributed by atoms with van der Waals surface area (Å²) in [4.78, 5) is 26.9. The third kappa shape index (κ3) is 5.59. The van der Waals surface area contributed by atoms with Crippen LogP contribution in [-0.4, -0.2) is 63.8 Å². The number of nitrogens with one attached hydrogen (secondary N) is 1. The quantitative estimate of drug-likeness (QED) is 0.695. The number of carbonyl (C=O) groups is 2. The molecule has 8 nitrogen and oxygen atoms in total. The van der Waals surface area contributed by atoms with E-state index < -0.39 is 0 Å². The number of likely N-dealkylation sites (tertiary alicyclic amines) is 1. The number of methoxy groups -OCH3 is 3. The Balaban J connectivity index is 1.53. The molecule has 1 aliphatic heterocycles. The van der Waals surface area contributed by atoms with E-state index in [1.807, 2.05) is 18.2 Å². The largest absolute Gasteiger partial charge is 0.493 e. The Hall–Kier alpha value is -3.42. The second kappa shape index (κ2) is 10.6. The molecule has 0 radical (unpaired) electrons. The third-order valence-electron chi connectivity index (χ3n) is 5.17. The van der Waals surface area contributed by atoms with Gasteiger partial charge in [-0.2, -0.15) is 0 Å². The summed E-state index contributed by atoms with van der Waals surface area (Å²) in [6.07, 6.45) is 1.35. The number of amides is 2. The molecule has 2 aromatic carbocycles. The van der Waals surface area contributed by atoms with Crippen LogP contribution in [0, 0.1) is 0 Å². The van der Waals surface area contributed by atoms with E-state index in [2.05, 4.69) is 5.32 Å². The molecule has 2 aromatic rings. The average molecular weight is 428 g/mol. The summed E-state index contributed by atoms with van der Waals surface area (Å²) in [6.45, 7) is 1.05. The van der Waals surface area contributed by atoms with E-state index in [0.29, 0.717) is 54.5 Å². The molecule has 1 aliphatic rings. The lowest BCUT2D eigenvalue weighted by atomic mass is 10.0. The van der Waals surface area contributed by atoms with Gasteiger partial charge in [-0.1, -0.05) is 18.2 Å². The lowest BCUT2D eigenvalue weighted by molar-refractivity contribution is -0.124. The van der Waals surface area contributed by atoms with E-state index in [-0.39, 0.29) is 24.5 Å². The zero-order valence-corrected chi connectivity index (χ0v) is 18.1. The zero-order chi connectivity index (χ0) is 22.2. The van der Waals surface area contributed by atoms with Crippen molar-refractivity contribution in [2.24, 2.45) is 0 Å². The molecule has 166 valence electrons. The Labute approximate surface area is 182 Å². The van der Waals surface area contributed by atoms with Crippen molar-refractivity contribution in [1.82, 2.24) is 10.2 Å². The summed E-state index contributed by atoms with van der Waals surface area (Å²) in [7, 11) is 4.55. The van der Waals surface area contributed by atoms with Gasteiger partial charge in [0.1, 0.15) is 5.75 Å². The van der Waals surface area contributed by atoms with Crippen LogP contribution in [-0.2, 0) is 4.79 Å². The molecule has 0 spiro atoms. The molecule has 31 heavy (non-hydrogen) atoms. The maximum atomic E-state index is 13.0. The highest BCUT2D eigenvalue weighted by Crippen LogP contribution is 2.38. The van der Waals surface area contributed by atoms with Crippen LogP contribution in [0.4, 0.5) is 0 Å². The fourth-order valence-electron chi connectivity index (χ4n) is 3.55. The van der Waals surface area contributed by atoms with Crippen LogP contribution in [0.1, 0.15) is 23.2 Å². The van der Waals surface area contributed by atoms with Gasteiger partial charge in [0.05, 0.1) is 21.3 Å². The highest BCUT2D eigenvalue weighted by atomic mass is 16.5. The van der Waals surface area contributed by atoms with Gasteiger partial charge in [0.25, 0.3) is 11.8 Å². The van der Waals surface area contributed by atoms with Gasteiger partial charge in [-0.05, 0) is 37.1 Å². The number of nitrogens with zero attached hydrogens (tertiary/aromatic N) is 1. The van der Waals surface area contributed by atoms with E-state index in [0.717, 1.165) is 0 Å². The van der Waals surface area contributed by atoms with Crippen LogP contribution in [0.3, 0.4) is 0 Å². The van der Waals surface area contributed by atoms with E-state index in [1.54, 1.807) is 29.2 Å². The highest BCUT2D eigenvalue weighted by molar-refractivity contribution is 5.95. The minimum Gasteiger partial charge on any atom is -0.493 e. The molecule has 0 atom stereocenters. The minimum absolute atomic E-state index is 0.0101. The summed E-state index contributed by atoms with van der Waals surface area (Å²) in [5.74, 6) is 1.69. The standard InChI is InChI=1S/C23H28N2O6/c1-28-19-13-16(14-20(29-2)22(19)30-3)23(27)25-11-9-17(10-12-25)24-21(26)15-31-18-7-5-4-6-8-18/h4-8,13-14,17H,9-12,15H2,1-3H3,(H,24,26). The predicted molar refractivity (Wildman–Crippen MR) is 115 cm³/mol. The Morgan fingerprint density at radius 3 is 2.13 bits per heavy atom. The molecular formula is C23H28N2O6. The zero-order valence-electron chi connectivity index (χ0n) is 18.1. The second-order valence-corrected chi connectivity index (χ2v) is 7.15. The SMILES string of the molecule is COc1cc(C(=O)N2CCC(NC(=O)COc3ccccc3)CC2)cc(OC)c1OC. The van der Waals surface area contributed by atoms with Crippen molar-refractivity contribution < 1.29 is 28.5 Å². The van der Waals surface area contributed by atoms with Gasteiger partial charge in [-0.15, -0.1) is 0 Å². The Bertz CT molecular complexity index is 869. The molecule has 0 aliphatic carbocycles. The number of carbonyl (C=O) groups excluding carboxylic acids is 2. The van der Waals surface area contributed by atoms with Crippen molar-refractivity contribution in [3.05, 3.63) is 48.0 Å². The van der Waals surface area contributed by atoms with E-state index >= 15 is 0 Å². The van der Waals surface area contributed by atoms with Crippen molar-refractivity contribution in [3.63, 3.8) is 0 Å². The van der Waals surface area contributed by atoms with Crippen LogP contribution in [0.2, 0.25) is 0 Å². The van der Waals surface area contributed by atoms with Gasteiger partial charge in [-0.25, -0.2) is 0 Å². The van der Waals surface area contributed by atoms with Gasteiger partial charge in [0, 0.05) is 24.7 Å². The third-order valence-corrected chi connectivity index (χ3v) is 5.17. The van der Waals surface area contributed by atoms with Gasteiger partial charge in [0.2, 0.25) is 5.75 Å². The summed E-state index contributed by atoms with van der Waals surface area (Å²) in [6, 6.07) is 12.5. The first-order chi connectivity index (χ1) is 15.0. The van der Waals surface area contributed by atoms with Crippen LogP contribution >= 0.6 is 0 Å². The van der Waals surface area contributed by atoms with E-state index in [9.17, 15) is 9.59 Å². The molecule has 0 saturated carbocycles. The maximum Gasteiger partial charge on any atom is 0.258 e. The predicted octanol–water partition coefficient (Wildman–Crippen LogP) is 2.51. The lowest BCUT2D eigenvalue weighted by Crippen LogP contribution is -2.47. The van der Waals surface area contributed by atoms with Crippen LogP contribution in [0.15, 0.2) is 42.5 Å². The first-order valence-corrected chi connectivity index (χ1v) is 10.1. The smallest absolute Gasteiger partial charge is 0.258 e. The molecule has 1 saturated heterocycles. The molecule has 0 bridgehead atoms. The molecule has 1 fully saturated rings. The topological polar surface area (TPSA) is 86.3 Å². The Morgan fingerprint density at radius 2 is 1.58 bits per heavy atom. The van der Waals surface area contributed by atoms with Gasteiger partial charge in [0.15, 0.2) is 18.1 Å². The van der Waals surface area contributed by atoms with Gasteiger partial charge < -0.3 is 29.2 Å². The first-order valence-electron chi connectivity index (χ1n) is 10.1. The van der Waals surface area contributed by atoms with Crippen molar-refractivity contribution >= 4 is 11.8 Å². The van der Waals surface area contributed by atoms with Gasteiger partial charge in [-0.3, -0.25) is 9.59 Å².